The highest BCUT2D eigenvalue weighted by molar-refractivity contribution is 5.81. The van der Waals surface area contributed by atoms with Crippen molar-refractivity contribution in [3.05, 3.63) is 60.2 Å². The SMILES string of the molecule is C[C@H](C[C@@H](Cc1ccc(-c2ccccc2)cc1)NC(=O)CCC(=O)O)C(=O)OCCC(F)(F)F. The molecule has 0 aliphatic heterocycles. The van der Waals surface area contributed by atoms with Crippen LogP contribution in [0, 0.1) is 5.92 Å². The van der Waals surface area contributed by atoms with Crippen LogP contribution in [0.4, 0.5) is 13.2 Å². The number of carboxylic acids is 1. The summed E-state index contributed by atoms with van der Waals surface area (Å²) in [5.74, 6) is -3.13. The maximum absolute atomic E-state index is 12.3. The Morgan fingerprint density at radius 3 is 2.18 bits per heavy atom. The van der Waals surface area contributed by atoms with E-state index in [2.05, 4.69) is 5.32 Å². The Morgan fingerprint density at radius 2 is 1.59 bits per heavy atom. The number of carbonyl (C=O) groups excluding carboxylic acids is 2. The molecule has 0 fully saturated rings. The third-order valence-corrected chi connectivity index (χ3v) is 5.14. The maximum atomic E-state index is 12.3. The second-order valence-corrected chi connectivity index (χ2v) is 8.09. The van der Waals surface area contributed by atoms with Crippen LogP contribution in [0.5, 0.6) is 0 Å². The Kier molecular flexibility index (Phi) is 10.1. The second-order valence-electron chi connectivity index (χ2n) is 8.09. The standard InChI is InChI=1S/C25H28F3NO5/c1-17(24(33)34-14-13-25(26,27)28)15-21(29-22(30)11-12-23(31)32)16-18-7-9-20(10-8-18)19-5-3-2-4-6-19/h2-10,17,21H,11-16H2,1H3,(H,29,30)(H,31,32)/t17-,21+/m1/s1. The number of esters is 1. The number of carbonyl (C=O) groups is 3. The molecular weight excluding hydrogens is 451 g/mol. The highest BCUT2D eigenvalue weighted by atomic mass is 19.4. The van der Waals surface area contributed by atoms with Crippen molar-refractivity contribution in [3.63, 3.8) is 0 Å². The van der Waals surface area contributed by atoms with Crippen LogP contribution in [-0.4, -0.2) is 41.8 Å². The van der Waals surface area contributed by atoms with Gasteiger partial charge < -0.3 is 15.2 Å². The molecule has 2 N–H and O–H groups in total. The van der Waals surface area contributed by atoms with Gasteiger partial charge in [0.15, 0.2) is 0 Å². The van der Waals surface area contributed by atoms with Crippen LogP contribution in [0.15, 0.2) is 54.6 Å². The molecule has 0 radical (unpaired) electrons. The molecule has 0 aromatic heterocycles. The molecule has 0 saturated carbocycles. The van der Waals surface area contributed by atoms with Gasteiger partial charge in [-0.1, -0.05) is 61.5 Å². The van der Waals surface area contributed by atoms with Gasteiger partial charge in [-0.25, -0.2) is 0 Å². The highest BCUT2D eigenvalue weighted by Gasteiger charge is 2.28. The maximum Gasteiger partial charge on any atom is 0.392 e. The molecule has 2 atom stereocenters. The number of aliphatic carboxylic acids is 1. The van der Waals surface area contributed by atoms with Crippen molar-refractivity contribution in [2.75, 3.05) is 6.61 Å². The minimum absolute atomic E-state index is 0.129. The number of hydrogen-bond donors (Lipinski definition) is 2. The van der Waals surface area contributed by atoms with Crippen molar-refractivity contribution >= 4 is 17.8 Å². The van der Waals surface area contributed by atoms with E-state index in [1.807, 2.05) is 54.6 Å². The molecule has 0 unspecified atom stereocenters. The highest BCUT2D eigenvalue weighted by Crippen LogP contribution is 2.22. The van der Waals surface area contributed by atoms with Crippen molar-refractivity contribution in [2.24, 2.45) is 5.92 Å². The number of hydrogen-bond acceptors (Lipinski definition) is 4. The lowest BCUT2D eigenvalue weighted by Gasteiger charge is -2.22. The fourth-order valence-corrected chi connectivity index (χ4v) is 3.39. The van der Waals surface area contributed by atoms with Crippen molar-refractivity contribution < 1.29 is 37.4 Å². The Hall–Kier alpha value is -3.36. The minimum Gasteiger partial charge on any atom is -0.481 e. The van der Waals surface area contributed by atoms with E-state index in [0.29, 0.717) is 6.42 Å². The average Bonchev–Trinajstić information content (AvgIpc) is 2.77. The summed E-state index contributed by atoms with van der Waals surface area (Å²) in [6, 6.07) is 16.9. The molecule has 2 aromatic carbocycles. The monoisotopic (exact) mass is 479 g/mol. The van der Waals surface area contributed by atoms with Gasteiger partial charge in [-0.05, 0) is 29.5 Å². The number of benzene rings is 2. The fourth-order valence-electron chi connectivity index (χ4n) is 3.39. The van der Waals surface area contributed by atoms with Crippen LogP contribution in [-0.2, 0) is 25.5 Å². The molecule has 9 heteroatoms. The lowest BCUT2D eigenvalue weighted by Crippen LogP contribution is -2.39. The third kappa shape index (κ3) is 10.1. The number of rotatable bonds is 12. The topological polar surface area (TPSA) is 92.7 Å². The minimum atomic E-state index is -4.42. The van der Waals surface area contributed by atoms with Gasteiger partial charge >= 0.3 is 18.1 Å². The zero-order valence-corrected chi connectivity index (χ0v) is 18.8. The molecule has 2 aromatic rings. The first-order chi connectivity index (χ1) is 16.0. The van der Waals surface area contributed by atoms with E-state index in [0.717, 1.165) is 16.7 Å². The van der Waals surface area contributed by atoms with Crippen molar-refractivity contribution in [2.45, 2.75) is 51.2 Å². The predicted molar refractivity (Wildman–Crippen MR) is 120 cm³/mol. The summed E-state index contributed by atoms with van der Waals surface area (Å²) in [6.07, 6.45) is -5.72. The number of ether oxygens (including phenoxy) is 1. The first-order valence-corrected chi connectivity index (χ1v) is 10.9. The smallest absolute Gasteiger partial charge is 0.392 e. The Balaban J connectivity index is 2.04. The van der Waals surface area contributed by atoms with E-state index >= 15 is 0 Å². The van der Waals surface area contributed by atoms with Gasteiger partial charge in [0.2, 0.25) is 5.91 Å². The summed E-state index contributed by atoms with van der Waals surface area (Å²) in [7, 11) is 0. The first kappa shape index (κ1) is 26.9. The van der Waals surface area contributed by atoms with Crippen LogP contribution in [0.1, 0.15) is 38.2 Å². The summed E-state index contributed by atoms with van der Waals surface area (Å²) < 4.78 is 41.6. The normalized spacial score (nSPS) is 13.1. The largest absolute Gasteiger partial charge is 0.481 e. The average molecular weight is 479 g/mol. The lowest BCUT2D eigenvalue weighted by atomic mass is 9.94. The summed E-state index contributed by atoms with van der Waals surface area (Å²) >= 11 is 0. The third-order valence-electron chi connectivity index (χ3n) is 5.14. The van der Waals surface area contributed by atoms with Gasteiger partial charge in [0.25, 0.3) is 0 Å². The van der Waals surface area contributed by atoms with E-state index in [9.17, 15) is 27.6 Å². The van der Waals surface area contributed by atoms with Crippen LogP contribution >= 0.6 is 0 Å². The quantitative estimate of drug-likeness (QED) is 0.428. The Bertz CT molecular complexity index is 945. The molecule has 0 aliphatic rings. The van der Waals surface area contributed by atoms with Crippen LogP contribution in [0.25, 0.3) is 11.1 Å². The Morgan fingerprint density at radius 1 is 0.971 bits per heavy atom. The van der Waals surface area contributed by atoms with E-state index in [4.69, 9.17) is 9.84 Å². The molecule has 2 rings (SSSR count). The number of carboxylic acid groups (broad SMARTS) is 1. The molecule has 1 amide bonds. The van der Waals surface area contributed by atoms with Crippen LogP contribution < -0.4 is 5.32 Å². The summed E-state index contributed by atoms with van der Waals surface area (Å²) in [5, 5.41) is 11.5. The van der Waals surface area contributed by atoms with Crippen molar-refractivity contribution in [1.82, 2.24) is 5.32 Å². The van der Waals surface area contributed by atoms with Gasteiger partial charge in [0, 0.05) is 12.5 Å². The summed E-state index contributed by atoms with van der Waals surface area (Å²) in [6.45, 7) is 0.758. The molecule has 34 heavy (non-hydrogen) atoms. The Labute approximate surface area is 196 Å². The summed E-state index contributed by atoms with van der Waals surface area (Å²) in [5.41, 5.74) is 2.93. The van der Waals surface area contributed by atoms with E-state index in [-0.39, 0.29) is 19.3 Å². The molecule has 0 saturated heterocycles. The molecule has 0 heterocycles. The van der Waals surface area contributed by atoms with Gasteiger partial charge in [-0.2, -0.15) is 13.2 Å². The zero-order chi connectivity index (χ0) is 25.1. The molecule has 6 nitrogen and oxygen atoms in total. The summed E-state index contributed by atoms with van der Waals surface area (Å²) in [4.78, 5) is 35.1. The molecule has 184 valence electrons. The molecular formula is C25H28F3NO5. The van der Waals surface area contributed by atoms with Crippen LogP contribution in [0.3, 0.4) is 0 Å². The van der Waals surface area contributed by atoms with Crippen molar-refractivity contribution in [3.8, 4) is 11.1 Å². The van der Waals surface area contributed by atoms with Crippen molar-refractivity contribution in [1.29, 1.82) is 0 Å². The second kappa shape index (κ2) is 12.8. The molecule has 0 aliphatic carbocycles. The molecule has 0 spiro atoms. The zero-order valence-electron chi connectivity index (χ0n) is 18.8. The van der Waals surface area contributed by atoms with Gasteiger partial charge in [-0.15, -0.1) is 0 Å². The first-order valence-electron chi connectivity index (χ1n) is 10.9. The number of nitrogens with one attached hydrogen (secondary N) is 1. The van der Waals surface area contributed by atoms with Crippen LogP contribution in [0.2, 0.25) is 0 Å². The number of amides is 1. The molecule has 0 bridgehead atoms. The van der Waals surface area contributed by atoms with Gasteiger partial charge in [0.1, 0.15) is 0 Å². The lowest BCUT2D eigenvalue weighted by molar-refractivity contribution is -0.162. The van der Waals surface area contributed by atoms with E-state index < -0.39 is 49.0 Å². The predicted octanol–water partition coefficient (Wildman–Crippen LogP) is 4.77. The number of alkyl halides is 3. The van der Waals surface area contributed by atoms with Gasteiger partial charge in [-0.3, -0.25) is 14.4 Å². The van der Waals surface area contributed by atoms with Gasteiger partial charge in [0.05, 0.1) is 25.4 Å². The fraction of sp³-hybridized carbons (Fsp3) is 0.400. The van der Waals surface area contributed by atoms with E-state index in [1.54, 1.807) is 0 Å². The number of halogens is 3. The van der Waals surface area contributed by atoms with E-state index in [1.165, 1.54) is 6.92 Å².